The van der Waals surface area contributed by atoms with Crippen molar-refractivity contribution in [3.8, 4) is 11.4 Å². The molecule has 0 bridgehead atoms. The van der Waals surface area contributed by atoms with Gasteiger partial charge in [0, 0.05) is 34.4 Å². The summed E-state index contributed by atoms with van der Waals surface area (Å²) in [5.41, 5.74) is 2.32. The fourth-order valence-electron chi connectivity index (χ4n) is 2.74. The number of aromatic nitrogens is 3. The van der Waals surface area contributed by atoms with E-state index in [1.54, 1.807) is 12.1 Å². The molecule has 1 heterocycles. The summed E-state index contributed by atoms with van der Waals surface area (Å²) in [5, 5.41) is 22.8. The van der Waals surface area contributed by atoms with Gasteiger partial charge in [-0.25, -0.2) is 0 Å². The highest BCUT2D eigenvalue weighted by molar-refractivity contribution is 9.10. The number of anilines is 1. The highest BCUT2D eigenvalue weighted by Gasteiger charge is 2.17. The molecule has 0 aliphatic heterocycles. The smallest absolute Gasteiger partial charge is 0.270 e. The molecule has 3 aromatic rings. The molecule has 0 atom stereocenters. The standard InChI is InChI=1S/C19H18BrN5O3S/c1-3-24-18(13-5-4-6-15(10-13)25(27)28)22-23-19(24)29-11-17(26)21-16-8-7-14(20)9-12(16)2/h4-10H,3,11H2,1-2H3,(H,21,26). The van der Waals surface area contributed by atoms with E-state index in [0.717, 1.165) is 15.7 Å². The second-order valence-corrected chi connectivity index (χ2v) is 8.01. The molecule has 0 aliphatic carbocycles. The number of nitrogens with one attached hydrogen (secondary N) is 1. The highest BCUT2D eigenvalue weighted by atomic mass is 79.9. The molecule has 10 heteroatoms. The molecule has 150 valence electrons. The molecule has 1 amide bonds. The van der Waals surface area contributed by atoms with Gasteiger partial charge in [-0.1, -0.05) is 39.8 Å². The number of carbonyl (C=O) groups is 1. The van der Waals surface area contributed by atoms with Crippen LogP contribution in [0.15, 0.2) is 52.1 Å². The Morgan fingerprint density at radius 1 is 1.28 bits per heavy atom. The number of non-ortho nitro benzene ring substituents is 1. The van der Waals surface area contributed by atoms with Crippen molar-refractivity contribution in [1.29, 1.82) is 0 Å². The zero-order valence-electron chi connectivity index (χ0n) is 15.8. The lowest BCUT2D eigenvalue weighted by molar-refractivity contribution is -0.384. The van der Waals surface area contributed by atoms with Crippen molar-refractivity contribution in [3.63, 3.8) is 0 Å². The van der Waals surface area contributed by atoms with Crippen molar-refractivity contribution in [1.82, 2.24) is 14.8 Å². The normalized spacial score (nSPS) is 10.7. The molecule has 0 aliphatic rings. The molecular formula is C19H18BrN5O3S. The highest BCUT2D eigenvalue weighted by Crippen LogP contribution is 2.27. The van der Waals surface area contributed by atoms with Crippen LogP contribution in [-0.4, -0.2) is 31.3 Å². The predicted molar refractivity (Wildman–Crippen MR) is 116 cm³/mol. The van der Waals surface area contributed by atoms with Gasteiger partial charge in [0.1, 0.15) is 0 Å². The van der Waals surface area contributed by atoms with Gasteiger partial charge in [0.2, 0.25) is 5.91 Å². The average Bonchev–Trinajstić information content (AvgIpc) is 3.11. The van der Waals surface area contributed by atoms with E-state index >= 15 is 0 Å². The van der Waals surface area contributed by atoms with Crippen molar-refractivity contribution in [2.24, 2.45) is 0 Å². The van der Waals surface area contributed by atoms with E-state index in [9.17, 15) is 14.9 Å². The first-order valence-electron chi connectivity index (χ1n) is 8.76. The van der Waals surface area contributed by atoms with E-state index in [2.05, 4.69) is 31.4 Å². The van der Waals surface area contributed by atoms with Gasteiger partial charge in [-0.2, -0.15) is 0 Å². The molecular weight excluding hydrogens is 458 g/mol. The Kier molecular flexibility index (Phi) is 6.65. The number of rotatable bonds is 7. The molecule has 0 unspecified atom stereocenters. The lowest BCUT2D eigenvalue weighted by Crippen LogP contribution is -2.15. The SMILES string of the molecule is CCn1c(SCC(=O)Nc2ccc(Br)cc2C)nnc1-c1cccc([N+](=O)[O-])c1. The molecule has 1 N–H and O–H groups in total. The first kappa shape index (κ1) is 21.0. The molecule has 0 saturated heterocycles. The van der Waals surface area contributed by atoms with E-state index in [-0.39, 0.29) is 17.3 Å². The van der Waals surface area contributed by atoms with Crippen molar-refractivity contribution >= 4 is 45.0 Å². The Morgan fingerprint density at radius 2 is 2.07 bits per heavy atom. The number of carbonyl (C=O) groups excluding carboxylic acids is 1. The second kappa shape index (κ2) is 9.19. The zero-order chi connectivity index (χ0) is 21.0. The van der Waals surface area contributed by atoms with Crippen LogP contribution in [-0.2, 0) is 11.3 Å². The molecule has 2 aromatic carbocycles. The number of amides is 1. The molecule has 0 spiro atoms. The van der Waals surface area contributed by atoms with Crippen LogP contribution in [0.4, 0.5) is 11.4 Å². The quantitative estimate of drug-likeness (QED) is 0.302. The molecule has 0 saturated carbocycles. The Morgan fingerprint density at radius 3 is 2.76 bits per heavy atom. The monoisotopic (exact) mass is 475 g/mol. The van der Waals surface area contributed by atoms with Crippen LogP contribution in [0.5, 0.6) is 0 Å². The summed E-state index contributed by atoms with van der Waals surface area (Å²) < 4.78 is 2.79. The first-order valence-corrected chi connectivity index (χ1v) is 10.5. The lowest BCUT2D eigenvalue weighted by Gasteiger charge is -2.09. The summed E-state index contributed by atoms with van der Waals surface area (Å²) in [4.78, 5) is 22.9. The van der Waals surface area contributed by atoms with E-state index in [1.165, 1.54) is 23.9 Å². The third kappa shape index (κ3) is 5.01. The zero-order valence-corrected chi connectivity index (χ0v) is 18.2. The van der Waals surface area contributed by atoms with Gasteiger partial charge in [0.25, 0.3) is 5.69 Å². The van der Waals surface area contributed by atoms with Gasteiger partial charge >= 0.3 is 0 Å². The molecule has 3 rings (SSSR count). The summed E-state index contributed by atoms with van der Waals surface area (Å²) in [7, 11) is 0. The third-order valence-corrected chi connectivity index (χ3v) is 5.60. The number of nitro groups is 1. The van der Waals surface area contributed by atoms with Crippen molar-refractivity contribution in [2.75, 3.05) is 11.1 Å². The number of nitro benzene ring substituents is 1. The fourth-order valence-corrected chi connectivity index (χ4v) is 4.01. The minimum Gasteiger partial charge on any atom is -0.325 e. The van der Waals surface area contributed by atoms with E-state index < -0.39 is 4.92 Å². The molecule has 29 heavy (non-hydrogen) atoms. The Labute approximate surface area is 180 Å². The van der Waals surface area contributed by atoms with E-state index in [0.29, 0.717) is 23.1 Å². The molecule has 0 fully saturated rings. The van der Waals surface area contributed by atoms with Crippen LogP contribution >= 0.6 is 27.7 Å². The lowest BCUT2D eigenvalue weighted by atomic mass is 10.2. The number of thioether (sulfide) groups is 1. The summed E-state index contributed by atoms with van der Waals surface area (Å²) in [6, 6.07) is 11.9. The number of hydrogen-bond donors (Lipinski definition) is 1. The van der Waals surface area contributed by atoms with E-state index in [1.807, 2.05) is 36.6 Å². The Hall–Kier alpha value is -2.72. The maximum Gasteiger partial charge on any atom is 0.270 e. The number of hydrogen-bond acceptors (Lipinski definition) is 6. The third-order valence-electron chi connectivity index (χ3n) is 4.14. The maximum absolute atomic E-state index is 12.3. The number of nitrogens with zero attached hydrogens (tertiary/aromatic N) is 4. The minimum absolute atomic E-state index is 0.00778. The topological polar surface area (TPSA) is 103 Å². The van der Waals surface area contributed by atoms with Gasteiger partial charge in [0.05, 0.1) is 10.7 Å². The summed E-state index contributed by atoms with van der Waals surface area (Å²) in [6.07, 6.45) is 0. The summed E-state index contributed by atoms with van der Waals surface area (Å²) in [5.74, 6) is 0.550. The van der Waals surface area contributed by atoms with Crippen molar-refractivity contribution in [3.05, 3.63) is 62.6 Å². The van der Waals surface area contributed by atoms with Gasteiger partial charge < -0.3 is 9.88 Å². The minimum atomic E-state index is -0.444. The number of benzene rings is 2. The number of aryl methyl sites for hydroxylation is 1. The predicted octanol–water partition coefficient (Wildman–Crippen LogP) is 4.67. The van der Waals surface area contributed by atoms with Crippen LogP contribution in [0.3, 0.4) is 0 Å². The summed E-state index contributed by atoms with van der Waals surface area (Å²) in [6.45, 7) is 4.42. The Bertz CT molecular complexity index is 1070. The second-order valence-electron chi connectivity index (χ2n) is 6.15. The molecule has 8 nitrogen and oxygen atoms in total. The van der Waals surface area contributed by atoms with Gasteiger partial charge in [-0.05, 0) is 37.6 Å². The van der Waals surface area contributed by atoms with Gasteiger partial charge in [-0.15, -0.1) is 10.2 Å². The first-order chi connectivity index (χ1) is 13.9. The van der Waals surface area contributed by atoms with E-state index in [4.69, 9.17) is 0 Å². The fraction of sp³-hybridized carbons (Fsp3) is 0.211. The van der Waals surface area contributed by atoms with Crippen molar-refractivity contribution in [2.45, 2.75) is 25.5 Å². The van der Waals surface area contributed by atoms with Gasteiger partial charge in [0.15, 0.2) is 11.0 Å². The largest absolute Gasteiger partial charge is 0.325 e. The van der Waals surface area contributed by atoms with Crippen LogP contribution in [0.25, 0.3) is 11.4 Å². The number of halogens is 1. The van der Waals surface area contributed by atoms with Gasteiger partial charge in [-0.3, -0.25) is 14.9 Å². The van der Waals surface area contributed by atoms with Crippen LogP contribution in [0.1, 0.15) is 12.5 Å². The molecule has 0 radical (unpaired) electrons. The average molecular weight is 476 g/mol. The van der Waals surface area contributed by atoms with Crippen LogP contribution < -0.4 is 5.32 Å². The Balaban J connectivity index is 1.73. The van der Waals surface area contributed by atoms with Crippen LogP contribution in [0, 0.1) is 17.0 Å². The summed E-state index contributed by atoms with van der Waals surface area (Å²) >= 11 is 4.67. The van der Waals surface area contributed by atoms with Crippen molar-refractivity contribution < 1.29 is 9.72 Å². The molecule has 1 aromatic heterocycles. The van der Waals surface area contributed by atoms with Crippen LogP contribution in [0.2, 0.25) is 0 Å². The maximum atomic E-state index is 12.3.